The van der Waals surface area contributed by atoms with Gasteiger partial charge in [-0.2, -0.15) is 4.72 Å². The number of halogens is 1. The van der Waals surface area contributed by atoms with Gasteiger partial charge in [0.25, 0.3) is 0 Å². The molecule has 0 atom stereocenters. The van der Waals surface area contributed by atoms with Crippen LogP contribution in [0, 0.1) is 18.2 Å². The van der Waals surface area contributed by atoms with Crippen LogP contribution in [0.5, 0.6) is 0 Å². The van der Waals surface area contributed by atoms with Crippen molar-refractivity contribution < 1.29 is 12.8 Å². The van der Waals surface area contributed by atoms with Gasteiger partial charge in [0, 0.05) is 0 Å². The average Bonchev–Trinajstić information content (AvgIpc) is 2.19. The summed E-state index contributed by atoms with van der Waals surface area (Å²) in [7, 11) is -3.83. The summed E-state index contributed by atoms with van der Waals surface area (Å²) < 4.78 is 38.1. The van der Waals surface area contributed by atoms with Gasteiger partial charge in [-0.25, -0.2) is 12.8 Å². The van der Waals surface area contributed by atoms with Gasteiger partial charge < -0.3 is 5.73 Å². The second kappa shape index (κ2) is 4.29. The standard InChI is InChI=1S/C9H9FN2O2S/c1-2-6-12-15(13,14)8-5-3-4-7(10)9(8)11/h1,3-5,12H,6,11H2. The summed E-state index contributed by atoms with van der Waals surface area (Å²) in [5.74, 6) is 1.32. The van der Waals surface area contributed by atoms with Crippen molar-refractivity contribution >= 4 is 15.7 Å². The van der Waals surface area contributed by atoms with Crippen molar-refractivity contribution in [2.24, 2.45) is 0 Å². The Morgan fingerprint density at radius 2 is 2.20 bits per heavy atom. The highest BCUT2D eigenvalue weighted by molar-refractivity contribution is 7.89. The maximum absolute atomic E-state index is 13.0. The van der Waals surface area contributed by atoms with Crippen LogP contribution in [0.4, 0.5) is 10.1 Å². The normalized spacial score (nSPS) is 10.9. The first-order chi connectivity index (χ1) is 6.99. The molecule has 80 valence electrons. The van der Waals surface area contributed by atoms with Crippen LogP contribution in [-0.2, 0) is 10.0 Å². The van der Waals surface area contributed by atoms with Gasteiger partial charge >= 0.3 is 0 Å². The van der Waals surface area contributed by atoms with E-state index in [1.807, 2.05) is 0 Å². The van der Waals surface area contributed by atoms with Crippen molar-refractivity contribution in [2.75, 3.05) is 12.3 Å². The molecule has 3 N–H and O–H groups in total. The summed E-state index contributed by atoms with van der Waals surface area (Å²) in [5.41, 5.74) is 4.88. The lowest BCUT2D eigenvalue weighted by Gasteiger charge is -2.07. The molecule has 0 heterocycles. The highest BCUT2D eigenvalue weighted by Crippen LogP contribution is 2.20. The maximum atomic E-state index is 13.0. The van der Waals surface area contributed by atoms with Crippen LogP contribution >= 0.6 is 0 Å². The van der Waals surface area contributed by atoms with Crippen molar-refractivity contribution in [3.05, 3.63) is 24.0 Å². The predicted molar refractivity (Wildman–Crippen MR) is 54.8 cm³/mol. The molecular weight excluding hydrogens is 219 g/mol. The molecule has 15 heavy (non-hydrogen) atoms. The summed E-state index contributed by atoms with van der Waals surface area (Å²) in [6, 6.07) is 3.54. The fourth-order valence-corrected chi connectivity index (χ4v) is 2.04. The molecule has 0 fully saturated rings. The van der Waals surface area contributed by atoms with Crippen LogP contribution in [0.2, 0.25) is 0 Å². The molecule has 0 spiro atoms. The molecule has 6 heteroatoms. The van der Waals surface area contributed by atoms with Gasteiger partial charge in [-0.1, -0.05) is 12.0 Å². The Morgan fingerprint density at radius 1 is 1.53 bits per heavy atom. The molecular formula is C9H9FN2O2S. The molecule has 0 aliphatic rings. The Kier molecular flexibility index (Phi) is 3.29. The van der Waals surface area contributed by atoms with Gasteiger partial charge in [0.2, 0.25) is 10.0 Å². The van der Waals surface area contributed by atoms with Gasteiger partial charge in [-0.05, 0) is 12.1 Å². The Balaban J connectivity index is 3.17. The summed E-state index contributed by atoms with van der Waals surface area (Å²) >= 11 is 0. The monoisotopic (exact) mass is 228 g/mol. The number of hydrogen-bond acceptors (Lipinski definition) is 3. The smallest absolute Gasteiger partial charge is 0.243 e. The fraction of sp³-hybridized carbons (Fsp3) is 0.111. The van der Waals surface area contributed by atoms with Gasteiger partial charge in [0.1, 0.15) is 10.7 Å². The van der Waals surface area contributed by atoms with E-state index in [1.54, 1.807) is 0 Å². The lowest BCUT2D eigenvalue weighted by molar-refractivity contribution is 0.583. The third kappa shape index (κ3) is 2.46. The second-order valence-corrected chi connectivity index (χ2v) is 4.42. The maximum Gasteiger partial charge on any atom is 0.243 e. The lowest BCUT2D eigenvalue weighted by atomic mass is 10.3. The molecule has 0 saturated carbocycles. The first-order valence-electron chi connectivity index (χ1n) is 3.96. The summed E-state index contributed by atoms with van der Waals surface area (Å²) in [6.07, 6.45) is 4.90. The van der Waals surface area contributed by atoms with E-state index in [2.05, 4.69) is 10.6 Å². The highest BCUT2D eigenvalue weighted by Gasteiger charge is 2.18. The molecule has 0 saturated heterocycles. The number of nitrogens with two attached hydrogens (primary N) is 1. The van der Waals surface area contributed by atoms with E-state index in [9.17, 15) is 12.8 Å². The fourth-order valence-electron chi connectivity index (χ4n) is 0.966. The molecule has 0 aliphatic carbocycles. The number of para-hydroxylation sites is 1. The minimum absolute atomic E-state index is 0.168. The van der Waals surface area contributed by atoms with Crippen molar-refractivity contribution in [3.63, 3.8) is 0 Å². The molecule has 0 amide bonds. The van der Waals surface area contributed by atoms with Crippen LogP contribution < -0.4 is 10.5 Å². The zero-order valence-corrected chi connectivity index (χ0v) is 8.51. The Labute approximate surface area is 87.3 Å². The summed E-state index contributed by atoms with van der Waals surface area (Å²) in [5, 5.41) is 0. The zero-order valence-electron chi connectivity index (χ0n) is 7.70. The second-order valence-electron chi connectivity index (χ2n) is 2.68. The van der Waals surface area contributed by atoms with E-state index in [-0.39, 0.29) is 11.4 Å². The van der Waals surface area contributed by atoms with Crippen molar-refractivity contribution in [1.82, 2.24) is 4.72 Å². The molecule has 1 aromatic rings. The third-order valence-corrected chi connectivity index (χ3v) is 3.13. The van der Waals surface area contributed by atoms with Gasteiger partial charge in [-0.3, -0.25) is 0 Å². The molecule has 1 rings (SSSR count). The minimum Gasteiger partial charge on any atom is -0.395 e. The first kappa shape index (κ1) is 11.5. The molecule has 1 aromatic carbocycles. The SMILES string of the molecule is C#CCNS(=O)(=O)c1cccc(F)c1N. The number of nitrogen functional groups attached to an aromatic ring is 1. The number of hydrogen-bond donors (Lipinski definition) is 2. The lowest BCUT2D eigenvalue weighted by Crippen LogP contribution is -2.25. The Hall–Kier alpha value is -1.58. The number of rotatable bonds is 3. The van der Waals surface area contributed by atoms with E-state index in [0.29, 0.717) is 0 Å². The third-order valence-electron chi connectivity index (χ3n) is 1.67. The van der Waals surface area contributed by atoms with E-state index >= 15 is 0 Å². The minimum atomic E-state index is -3.83. The van der Waals surface area contributed by atoms with E-state index in [1.165, 1.54) is 12.1 Å². The molecule has 4 nitrogen and oxygen atoms in total. The average molecular weight is 228 g/mol. The molecule has 0 bridgehead atoms. The molecule has 0 aliphatic heterocycles. The van der Waals surface area contributed by atoms with E-state index < -0.39 is 21.5 Å². The highest BCUT2D eigenvalue weighted by atomic mass is 32.2. The van der Waals surface area contributed by atoms with Crippen LogP contribution in [0.15, 0.2) is 23.1 Å². The van der Waals surface area contributed by atoms with Crippen molar-refractivity contribution in [3.8, 4) is 12.3 Å². The number of terminal acetylenes is 1. The van der Waals surface area contributed by atoms with Gasteiger partial charge in [-0.15, -0.1) is 6.42 Å². The number of benzene rings is 1. The van der Waals surface area contributed by atoms with Gasteiger partial charge in [0.15, 0.2) is 0 Å². The van der Waals surface area contributed by atoms with Crippen molar-refractivity contribution in [1.29, 1.82) is 0 Å². The number of sulfonamides is 1. The number of anilines is 1. The molecule has 0 unspecified atom stereocenters. The Morgan fingerprint density at radius 3 is 2.80 bits per heavy atom. The van der Waals surface area contributed by atoms with Crippen LogP contribution in [0.25, 0.3) is 0 Å². The quantitative estimate of drug-likeness (QED) is 0.578. The largest absolute Gasteiger partial charge is 0.395 e. The zero-order chi connectivity index (χ0) is 11.5. The van der Waals surface area contributed by atoms with Crippen LogP contribution in [0.1, 0.15) is 0 Å². The summed E-state index contributed by atoms with van der Waals surface area (Å²) in [4.78, 5) is -0.308. The predicted octanol–water partition coefficient (Wildman–Crippen LogP) is 0.319. The van der Waals surface area contributed by atoms with E-state index in [0.717, 1.165) is 6.07 Å². The molecule has 0 radical (unpaired) electrons. The van der Waals surface area contributed by atoms with E-state index in [4.69, 9.17) is 12.2 Å². The number of nitrogens with one attached hydrogen (secondary N) is 1. The molecule has 0 aromatic heterocycles. The van der Waals surface area contributed by atoms with Gasteiger partial charge in [0.05, 0.1) is 12.2 Å². The Bertz CT molecular complexity index is 505. The van der Waals surface area contributed by atoms with Crippen LogP contribution in [0.3, 0.4) is 0 Å². The van der Waals surface area contributed by atoms with Crippen LogP contribution in [-0.4, -0.2) is 15.0 Å². The van der Waals surface area contributed by atoms with Crippen molar-refractivity contribution in [2.45, 2.75) is 4.90 Å². The first-order valence-corrected chi connectivity index (χ1v) is 5.44. The topological polar surface area (TPSA) is 72.2 Å². The summed E-state index contributed by atoms with van der Waals surface area (Å²) in [6.45, 7) is -0.168.